The fourth-order valence-corrected chi connectivity index (χ4v) is 1.70. The quantitative estimate of drug-likeness (QED) is 0.804. The number of anilines is 1. The second kappa shape index (κ2) is 7.99. The molecule has 128 valence electrons. The number of carbonyl (C=O) groups excluding carboxylic acids is 2. The summed E-state index contributed by atoms with van der Waals surface area (Å²) in [5.41, 5.74) is 0.346. The van der Waals surface area contributed by atoms with E-state index in [1.165, 1.54) is 0 Å². The topological polar surface area (TPSA) is 64.6 Å². The summed E-state index contributed by atoms with van der Waals surface area (Å²) < 4.78 is 10.9. The summed E-state index contributed by atoms with van der Waals surface area (Å²) in [5.74, 6) is -0.118. The van der Waals surface area contributed by atoms with Gasteiger partial charge in [-0.25, -0.2) is 4.79 Å². The van der Waals surface area contributed by atoms with Crippen molar-refractivity contribution in [2.75, 3.05) is 11.9 Å². The zero-order chi connectivity index (χ0) is 17.6. The molecule has 5 heteroatoms. The molecule has 0 saturated heterocycles. The van der Waals surface area contributed by atoms with E-state index in [9.17, 15) is 9.59 Å². The van der Waals surface area contributed by atoms with E-state index in [4.69, 9.17) is 9.47 Å². The van der Waals surface area contributed by atoms with Crippen LogP contribution in [0.4, 0.5) is 5.69 Å². The third-order valence-electron chi connectivity index (χ3n) is 3.32. The largest absolute Gasteiger partial charge is 0.490 e. The summed E-state index contributed by atoms with van der Waals surface area (Å²) in [4.78, 5) is 24.2. The summed E-state index contributed by atoms with van der Waals surface area (Å²) in [6.45, 7) is 11.5. The Kier molecular flexibility index (Phi) is 6.61. The Hall–Kier alpha value is -2.04. The van der Waals surface area contributed by atoms with Crippen molar-refractivity contribution in [3.05, 3.63) is 23.8 Å². The van der Waals surface area contributed by atoms with Crippen LogP contribution < -0.4 is 10.1 Å². The van der Waals surface area contributed by atoms with Crippen LogP contribution in [-0.2, 0) is 9.53 Å². The van der Waals surface area contributed by atoms with Gasteiger partial charge in [0, 0.05) is 11.1 Å². The van der Waals surface area contributed by atoms with Gasteiger partial charge in [0.2, 0.25) is 5.91 Å². The second-order valence-electron chi connectivity index (χ2n) is 6.47. The highest BCUT2D eigenvalue weighted by atomic mass is 16.5. The Morgan fingerprint density at radius 3 is 2.39 bits per heavy atom. The average Bonchev–Trinajstić information content (AvgIpc) is 2.47. The van der Waals surface area contributed by atoms with Crippen molar-refractivity contribution in [1.29, 1.82) is 0 Å². The van der Waals surface area contributed by atoms with E-state index < -0.39 is 11.4 Å². The van der Waals surface area contributed by atoms with Crippen LogP contribution in [0.1, 0.15) is 58.3 Å². The molecule has 0 aliphatic rings. The molecule has 0 bridgehead atoms. The summed E-state index contributed by atoms with van der Waals surface area (Å²) in [6, 6.07) is 5.01. The minimum absolute atomic E-state index is 0.0156. The second-order valence-corrected chi connectivity index (χ2v) is 6.47. The fourth-order valence-electron chi connectivity index (χ4n) is 1.70. The molecule has 1 atom stereocenters. The standard InChI is InChI=1S/C18H27NO4/c1-7-12(3)23-15-10-9-13(19-17(21)18(4,5)6)11-14(15)16(20)22-8-2/h9-12H,7-8H2,1-6H3,(H,19,21)/t12-/m1/s1. The van der Waals surface area contributed by atoms with Crippen molar-refractivity contribution in [2.24, 2.45) is 5.41 Å². The van der Waals surface area contributed by atoms with Crippen LogP contribution in [0, 0.1) is 5.41 Å². The van der Waals surface area contributed by atoms with E-state index in [2.05, 4.69) is 5.32 Å². The predicted molar refractivity (Wildman–Crippen MR) is 90.9 cm³/mol. The van der Waals surface area contributed by atoms with Crippen LogP contribution in [0.25, 0.3) is 0 Å². The molecule has 0 radical (unpaired) electrons. The van der Waals surface area contributed by atoms with Crippen molar-refractivity contribution in [3.8, 4) is 5.75 Å². The van der Waals surface area contributed by atoms with E-state index >= 15 is 0 Å². The van der Waals surface area contributed by atoms with Gasteiger partial charge in [-0.3, -0.25) is 4.79 Å². The molecule has 0 aliphatic heterocycles. The smallest absolute Gasteiger partial charge is 0.341 e. The van der Waals surface area contributed by atoms with Gasteiger partial charge in [0.25, 0.3) is 0 Å². The molecule has 5 nitrogen and oxygen atoms in total. The first kappa shape index (κ1) is 19.0. The number of nitrogens with one attached hydrogen (secondary N) is 1. The van der Waals surface area contributed by atoms with Crippen molar-refractivity contribution >= 4 is 17.6 Å². The number of hydrogen-bond acceptors (Lipinski definition) is 4. The first-order chi connectivity index (χ1) is 10.7. The zero-order valence-corrected chi connectivity index (χ0v) is 14.9. The van der Waals surface area contributed by atoms with Gasteiger partial charge in [-0.1, -0.05) is 27.7 Å². The Labute approximate surface area is 138 Å². The van der Waals surface area contributed by atoms with Gasteiger partial charge in [0.1, 0.15) is 11.3 Å². The molecule has 0 heterocycles. The summed E-state index contributed by atoms with van der Waals surface area (Å²) >= 11 is 0. The number of amides is 1. The van der Waals surface area contributed by atoms with E-state index in [-0.39, 0.29) is 18.6 Å². The first-order valence-electron chi connectivity index (χ1n) is 7.98. The number of rotatable bonds is 6. The number of benzene rings is 1. The lowest BCUT2D eigenvalue weighted by atomic mass is 9.95. The molecule has 23 heavy (non-hydrogen) atoms. The van der Waals surface area contributed by atoms with Gasteiger partial charge in [0.15, 0.2) is 0 Å². The van der Waals surface area contributed by atoms with Gasteiger partial charge in [0.05, 0.1) is 12.7 Å². The Balaban J connectivity index is 3.11. The van der Waals surface area contributed by atoms with Crippen LogP contribution in [0.2, 0.25) is 0 Å². The SMILES string of the molecule is CCOC(=O)c1cc(NC(=O)C(C)(C)C)ccc1O[C@H](C)CC. The molecular weight excluding hydrogens is 294 g/mol. The average molecular weight is 321 g/mol. The third kappa shape index (κ3) is 5.58. The summed E-state index contributed by atoms with van der Waals surface area (Å²) in [6.07, 6.45) is 0.809. The highest BCUT2D eigenvalue weighted by Gasteiger charge is 2.22. The van der Waals surface area contributed by atoms with E-state index in [0.29, 0.717) is 17.0 Å². The lowest BCUT2D eigenvalue weighted by Gasteiger charge is -2.19. The lowest BCUT2D eigenvalue weighted by Crippen LogP contribution is -2.27. The Morgan fingerprint density at radius 2 is 1.87 bits per heavy atom. The lowest BCUT2D eigenvalue weighted by molar-refractivity contribution is -0.123. The van der Waals surface area contributed by atoms with Gasteiger partial charge in [-0.05, 0) is 38.5 Å². The number of ether oxygens (including phenoxy) is 2. The van der Waals surface area contributed by atoms with Crippen LogP contribution in [0.5, 0.6) is 5.75 Å². The van der Waals surface area contributed by atoms with E-state index in [1.807, 2.05) is 34.6 Å². The van der Waals surface area contributed by atoms with Gasteiger partial charge < -0.3 is 14.8 Å². The Bertz CT molecular complexity index is 561. The van der Waals surface area contributed by atoms with Crippen LogP contribution in [0.15, 0.2) is 18.2 Å². The molecule has 0 aliphatic carbocycles. The molecule has 1 rings (SSSR count). The molecule has 0 unspecified atom stereocenters. The summed E-state index contributed by atoms with van der Waals surface area (Å²) in [7, 11) is 0. The van der Waals surface area contributed by atoms with Crippen molar-refractivity contribution in [2.45, 2.75) is 54.1 Å². The maximum Gasteiger partial charge on any atom is 0.341 e. The van der Waals surface area contributed by atoms with Crippen LogP contribution in [0.3, 0.4) is 0 Å². The minimum Gasteiger partial charge on any atom is -0.490 e. The number of hydrogen-bond donors (Lipinski definition) is 1. The van der Waals surface area contributed by atoms with Crippen molar-refractivity contribution in [1.82, 2.24) is 0 Å². The van der Waals surface area contributed by atoms with Gasteiger partial charge >= 0.3 is 5.97 Å². The first-order valence-corrected chi connectivity index (χ1v) is 7.98. The molecule has 0 saturated carbocycles. The summed E-state index contributed by atoms with van der Waals surface area (Å²) in [5, 5.41) is 2.81. The third-order valence-corrected chi connectivity index (χ3v) is 3.32. The van der Waals surface area contributed by atoms with Crippen LogP contribution in [-0.4, -0.2) is 24.6 Å². The van der Waals surface area contributed by atoms with Crippen molar-refractivity contribution < 1.29 is 19.1 Å². The van der Waals surface area contributed by atoms with E-state index in [1.54, 1.807) is 25.1 Å². The highest BCUT2D eigenvalue weighted by molar-refractivity contribution is 5.98. The number of carbonyl (C=O) groups is 2. The molecule has 1 aromatic rings. The molecule has 0 aromatic heterocycles. The normalized spacial score (nSPS) is 12.4. The van der Waals surface area contributed by atoms with Gasteiger partial charge in [-0.2, -0.15) is 0 Å². The van der Waals surface area contributed by atoms with Gasteiger partial charge in [-0.15, -0.1) is 0 Å². The molecular formula is C18H27NO4. The monoisotopic (exact) mass is 321 g/mol. The zero-order valence-electron chi connectivity index (χ0n) is 14.9. The molecule has 0 fully saturated rings. The fraction of sp³-hybridized carbons (Fsp3) is 0.556. The minimum atomic E-state index is -0.518. The van der Waals surface area contributed by atoms with Crippen molar-refractivity contribution in [3.63, 3.8) is 0 Å². The Morgan fingerprint density at radius 1 is 1.22 bits per heavy atom. The molecule has 1 aromatic carbocycles. The molecule has 1 amide bonds. The maximum atomic E-state index is 12.2. The predicted octanol–water partition coefficient (Wildman–Crippen LogP) is 4.03. The number of esters is 1. The maximum absolute atomic E-state index is 12.2. The molecule has 1 N–H and O–H groups in total. The van der Waals surface area contributed by atoms with Crippen LogP contribution >= 0.6 is 0 Å². The molecule has 0 spiro atoms. The highest BCUT2D eigenvalue weighted by Crippen LogP contribution is 2.26. The van der Waals surface area contributed by atoms with E-state index in [0.717, 1.165) is 6.42 Å².